The molecule has 0 radical (unpaired) electrons. The van der Waals surface area contributed by atoms with Crippen molar-refractivity contribution in [3.63, 3.8) is 0 Å². The molecule has 186 valence electrons. The van der Waals surface area contributed by atoms with E-state index >= 15 is 0 Å². The van der Waals surface area contributed by atoms with Crippen LogP contribution in [-0.4, -0.2) is 69.8 Å². The number of likely N-dealkylation sites (tertiary alicyclic amines) is 1. The van der Waals surface area contributed by atoms with Gasteiger partial charge in [-0.05, 0) is 37.0 Å². The van der Waals surface area contributed by atoms with E-state index in [1.54, 1.807) is 21.3 Å². The summed E-state index contributed by atoms with van der Waals surface area (Å²) in [4.78, 5) is 18.9. The minimum Gasteiger partial charge on any atom is -0.497 e. The van der Waals surface area contributed by atoms with Crippen LogP contribution < -0.4 is 25.4 Å². The van der Waals surface area contributed by atoms with E-state index in [1.807, 2.05) is 6.07 Å². The van der Waals surface area contributed by atoms with Crippen molar-refractivity contribution in [3.8, 4) is 11.5 Å². The molecule has 1 atom stereocenters. The summed E-state index contributed by atoms with van der Waals surface area (Å²) in [6.07, 6.45) is 7.48. The van der Waals surface area contributed by atoms with Gasteiger partial charge in [-0.15, -0.1) is 24.0 Å². The van der Waals surface area contributed by atoms with Crippen molar-refractivity contribution in [1.29, 1.82) is 0 Å². The molecule has 1 unspecified atom stereocenters. The van der Waals surface area contributed by atoms with E-state index in [0.29, 0.717) is 25.0 Å². The summed E-state index contributed by atoms with van der Waals surface area (Å²) >= 11 is 0. The van der Waals surface area contributed by atoms with Crippen LogP contribution in [0.5, 0.6) is 11.5 Å². The number of methoxy groups -OCH3 is 2. The Hall–Kier alpha value is -1.75. The summed E-state index contributed by atoms with van der Waals surface area (Å²) in [5.41, 5.74) is 1.17. The number of aliphatic imine (C=N–C) groups is 1. The number of hydrogen-bond donors (Lipinski definition) is 3. The van der Waals surface area contributed by atoms with Gasteiger partial charge >= 0.3 is 0 Å². The summed E-state index contributed by atoms with van der Waals surface area (Å²) < 4.78 is 10.8. The first-order chi connectivity index (χ1) is 15.6. The smallest absolute Gasteiger partial charge is 0.221 e. The van der Waals surface area contributed by atoms with E-state index < -0.39 is 0 Å². The first-order valence-electron chi connectivity index (χ1n) is 11.8. The average Bonchev–Trinajstić information content (AvgIpc) is 3.25. The SMILES string of the molecule is CN=C(NCCC(=O)NC1CCCCC1)NC1CCN(Cc2cc(OC)cc(OC)c2)C1.I. The second-order valence-electron chi connectivity index (χ2n) is 8.74. The van der Waals surface area contributed by atoms with Gasteiger partial charge in [-0.25, -0.2) is 0 Å². The van der Waals surface area contributed by atoms with Gasteiger partial charge in [-0.2, -0.15) is 0 Å². The molecule has 0 aromatic heterocycles. The molecule has 0 spiro atoms. The maximum atomic E-state index is 12.2. The lowest BCUT2D eigenvalue weighted by Crippen LogP contribution is -2.45. The van der Waals surface area contributed by atoms with Gasteiger partial charge in [0.2, 0.25) is 5.91 Å². The Morgan fingerprint density at radius 1 is 1.03 bits per heavy atom. The molecule has 1 saturated heterocycles. The van der Waals surface area contributed by atoms with Crippen LogP contribution in [0.3, 0.4) is 0 Å². The Morgan fingerprint density at radius 3 is 2.36 bits per heavy atom. The van der Waals surface area contributed by atoms with Gasteiger partial charge in [-0.3, -0.25) is 14.7 Å². The zero-order valence-corrected chi connectivity index (χ0v) is 22.5. The van der Waals surface area contributed by atoms with E-state index in [9.17, 15) is 4.79 Å². The highest BCUT2D eigenvalue weighted by Gasteiger charge is 2.23. The first kappa shape index (κ1) is 27.5. The van der Waals surface area contributed by atoms with Gasteiger partial charge < -0.3 is 25.4 Å². The lowest BCUT2D eigenvalue weighted by atomic mass is 9.95. The number of ether oxygens (including phenoxy) is 2. The van der Waals surface area contributed by atoms with Crippen LogP contribution in [0.2, 0.25) is 0 Å². The van der Waals surface area contributed by atoms with Crippen molar-refractivity contribution in [2.24, 2.45) is 4.99 Å². The Kier molecular flexibility index (Phi) is 12.1. The average molecular weight is 574 g/mol. The third kappa shape index (κ3) is 9.19. The lowest BCUT2D eigenvalue weighted by molar-refractivity contribution is -0.121. The monoisotopic (exact) mass is 573 g/mol. The predicted molar refractivity (Wildman–Crippen MR) is 143 cm³/mol. The van der Waals surface area contributed by atoms with Gasteiger partial charge in [-0.1, -0.05) is 19.3 Å². The summed E-state index contributed by atoms with van der Waals surface area (Å²) in [7, 11) is 5.12. The third-order valence-electron chi connectivity index (χ3n) is 6.27. The second kappa shape index (κ2) is 14.5. The summed E-state index contributed by atoms with van der Waals surface area (Å²) in [5, 5.41) is 9.95. The summed E-state index contributed by atoms with van der Waals surface area (Å²) in [6, 6.07) is 6.69. The van der Waals surface area contributed by atoms with Crippen molar-refractivity contribution in [2.45, 2.75) is 63.6 Å². The molecule has 1 saturated carbocycles. The number of nitrogens with zero attached hydrogens (tertiary/aromatic N) is 2. The molecule has 9 heteroatoms. The lowest BCUT2D eigenvalue weighted by Gasteiger charge is -2.23. The van der Waals surface area contributed by atoms with Crippen molar-refractivity contribution in [3.05, 3.63) is 23.8 Å². The molecule has 8 nitrogen and oxygen atoms in total. The maximum absolute atomic E-state index is 12.2. The zero-order valence-electron chi connectivity index (χ0n) is 20.2. The molecule has 33 heavy (non-hydrogen) atoms. The Balaban J connectivity index is 0.00000385. The molecule has 1 aliphatic heterocycles. The van der Waals surface area contributed by atoms with Crippen LogP contribution in [0.4, 0.5) is 0 Å². The quantitative estimate of drug-likeness (QED) is 0.239. The largest absolute Gasteiger partial charge is 0.497 e. The number of carbonyl (C=O) groups is 1. The molecule has 0 bridgehead atoms. The van der Waals surface area contributed by atoms with Crippen LogP contribution in [0, 0.1) is 0 Å². The fourth-order valence-corrected chi connectivity index (χ4v) is 4.54. The predicted octanol–water partition coefficient (Wildman–Crippen LogP) is 2.90. The highest BCUT2D eigenvalue weighted by Crippen LogP contribution is 2.24. The molecule has 1 heterocycles. The van der Waals surface area contributed by atoms with Crippen LogP contribution in [-0.2, 0) is 11.3 Å². The molecular formula is C24H40IN5O3. The minimum absolute atomic E-state index is 0. The molecule has 1 aromatic rings. The number of nitrogens with one attached hydrogen (secondary N) is 3. The number of benzene rings is 1. The second-order valence-corrected chi connectivity index (χ2v) is 8.74. The molecule has 3 rings (SSSR count). The van der Waals surface area contributed by atoms with E-state index in [1.165, 1.54) is 24.8 Å². The molecule has 1 amide bonds. The standard InChI is InChI=1S/C24H39N5O3.HI/c1-25-24(26-11-9-23(30)27-19-7-5-4-6-8-19)28-20-10-12-29(17-20)16-18-13-21(31-2)15-22(14-18)32-3;/h13-15,19-20H,4-12,16-17H2,1-3H3,(H,27,30)(H2,25,26,28);1H. The number of amides is 1. The summed E-state index contributed by atoms with van der Waals surface area (Å²) in [5.74, 6) is 2.50. The maximum Gasteiger partial charge on any atom is 0.221 e. The number of hydrogen-bond acceptors (Lipinski definition) is 5. The minimum atomic E-state index is 0. The molecule has 2 aliphatic rings. The molecule has 2 fully saturated rings. The van der Waals surface area contributed by atoms with Crippen molar-refractivity contribution in [1.82, 2.24) is 20.9 Å². The van der Waals surface area contributed by atoms with Gasteiger partial charge in [0.25, 0.3) is 0 Å². The van der Waals surface area contributed by atoms with Crippen LogP contribution >= 0.6 is 24.0 Å². The van der Waals surface area contributed by atoms with Gasteiger partial charge in [0.1, 0.15) is 11.5 Å². The molecule has 1 aromatic carbocycles. The fourth-order valence-electron chi connectivity index (χ4n) is 4.54. The Labute approximate surface area is 215 Å². The molecule has 1 aliphatic carbocycles. The Bertz CT molecular complexity index is 748. The van der Waals surface area contributed by atoms with Gasteiger partial charge in [0, 0.05) is 57.8 Å². The van der Waals surface area contributed by atoms with E-state index in [0.717, 1.165) is 56.4 Å². The normalized spacial score (nSPS) is 19.5. The van der Waals surface area contributed by atoms with Crippen LogP contribution in [0.25, 0.3) is 0 Å². The van der Waals surface area contributed by atoms with Crippen LogP contribution in [0.1, 0.15) is 50.5 Å². The highest BCUT2D eigenvalue weighted by molar-refractivity contribution is 14.0. The highest BCUT2D eigenvalue weighted by atomic mass is 127. The van der Waals surface area contributed by atoms with E-state index in [4.69, 9.17) is 9.47 Å². The Morgan fingerprint density at radius 2 is 1.73 bits per heavy atom. The number of carbonyl (C=O) groups excluding carboxylic acids is 1. The summed E-state index contributed by atoms with van der Waals surface area (Å²) in [6.45, 7) is 3.37. The number of halogens is 1. The van der Waals surface area contributed by atoms with Crippen molar-refractivity contribution < 1.29 is 14.3 Å². The fraction of sp³-hybridized carbons (Fsp3) is 0.667. The molecular weight excluding hydrogens is 533 g/mol. The third-order valence-corrected chi connectivity index (χ3v) is 6.27. The first-order valence-corrected chi connectivity index (χ1v) is 11.8. The molecule has 3 N–H and O–H groups in total. The van der Waals surface area contributed by atoms with Crippen molar-refractivity contribution >= 4 is 35.8 Å². The van der Waals surface area contributed by atoms with Crippen molar-refractivity contribution in [2.75, 3.05) is 40.9 Å². The topological polar surface area (TPSA) is 87.2 Å². The van der Waals surface area contributed by atoms with Gasteiger partial charge in [0.05, 0.1) is 14.2 Å². The zero-order chi connectivity index (χ0) is 22.8. The van der Waals surface area contributed by atoms with Gasteiger partial charge in [0.15, 0.2) is 5.96 Å². The van der Waals surface area contributed by atoms with E-state index in [2.05, 4.69) is 38.0 Å². The van der Waals surface area contributed by atoms with E-state index in [-0.39, 0.29) is 29.9 Å². The van der Waals surface area contributed by atoms with Crippen LogP contribution in [0.15, 0.2) is 23.2 Å². The number of guanidine groups is 1. The number of rotatable bonds is 9.